The van der Waals surface area contributed by atoms with E-state index in [4.69, 9.17) is 4.84 Å². The Bertz CT molecular complexity index is 163. The molecule has 0 N–H and O–H groups in total. The highest BCUT2D eigenvalue weighted by atomic mass is 28.1. The van der Waals surface area contributed by atoms with E-state index in [0.29, 0.717) is 0 Å². The summed E-state index contributed by atoms with van der Waals surface area (Å²) in [5.41, 5.74) is 0.190. The van der Waals surface area contributed by atoms with Gasteiger partial charge in [0.1, 0.15) is 6.26 Å². The highest BCUT2D eigenvalue weighted by molar-refractivity contribution is 6.60. The van der Waals surface area contributed by atoms with E-state index in [-0.39, 0.29) is 5.41 Å². The fraction of sp³-hybridized carbons (Fsp3) is 0.625. The molecule has 0 saturated carbocycles. The molecule has 0 aromatic rings. The highest BCUT2D eigenvalue weighted by Gasteiger charge is 2.18. The number of nitrogens with zero attached hydrogens (tertiary/aromatic N) is 1. The molecule has 0 aliphatic rings. The van der Waals surface area contributed by atoms with Crippen LogP contribution in [0.2, 0.25) is 0 Å². The molecular formula is C8H17NOSi. The molecule has 0 atom stereocenters. The summed E-state index contributed by atoms with van der Waals surface area (Å²) < 4.78 is 0. The summed E-state index contributed by atoms with van der Waals surface area (Å²) >= 11 is 0. The molecule has 0 heterocycles. The van der Waals surface area contributed by atoms with Crippen molar-refractivity contribution < 1.29 is 4.84 Å². The molecule has 0 aromatic carbocycles. The third-order valence-electron chi connectivity index (χ3n) is 2.13. The summed E-state index contributed by atoms with van der Waals surface area (Å²) in [7, 11) is 0.949. The Balaban J connectivity index is 4.20. The first-order chi connectivity index (χ1) is 5.04. The van der Waals surface area contributed by atoms with Crippen molar-refractivity contribution in [2.45, 2.75) is 27.2 Å². The van der Waals surface area contributed by atoms with Crippen LogP contribution in [0.15, 0.2) is 18.0 Å². The minimum absolute atomic E-state index is 0.190. The van der Waals surface area contributed by atoms with Gasteiger partial charge in [0.25, 0.3) is 0 Å². The van der Waals surface area contributed by atoms with Gasteiger partial charge >= 0.3 is 0 Å². The third kappa shape index (κ3) is 3.37. The van der Waals surface area contributed by atoms with Gasteiger partial charge < -0.3 is 4.84 Å². The van der Waals surface area contributed by atoms with Crippen molar-refractivity contribution in [1.82, 2.24) is 0 Å². The van der Waals surface area contributed by atoms with Crippen LogP contribution in [0, 0.1) is 5.41 Å². The van der Waals surface area contributed by atoms with Gasteiger partial charge in [0.2, 0.25) is 0 Å². The predicted octanol–water partition coefficient (Wildman–Crippen LogP) is 1.26. The van der Waals surface area contributed by atoms with Crippen LogP contribution < -0.4 is 0 Å². The fourth-order valence-electron chi connectivity index (χ4n) is 0.496. The van der Waals surface area contributed by atoms with Gasteiger partial charge in [-0.1, -0.05) is 32.5 Å². The molecule has 0 saturated heterocycles. The van der Waals surface area contributed by atoms with Crippen molar-refractivity contribution in [3.63, 3.8) is 0 Å². The van der Waals surface area contributed by atoms with E-state index < -0.39 is 0 Å². The monoisotopic (exact) mass is 171 g/mol. The molecule has 3 heteroatoms. The summed E-state index contributed by atoms with van der Waals surface area (Å²) in [5, 5.41) is 5.08. The van der Waals surface area contributed by atoms with Gasteiger partial charge in [0, 0.05) is 10.7 Å². The summed E-state index contributed by atoms with van der Waals surface area (Å²) in [6, 6.07) is 0. The lowest BCUT2D eigenvalue weighted by atomic mass is 9.92. The molecule has 0 aliphatic carbocycles. The normalized spacial score (nSPS) is 13.2. The highest BCUT2D eigenvalue weighted by Crippen LogP contribution is 2.20. The molecule has 0 aromatic heterocycles. The molecule has 11 heavy (non-hydrogen) atoms. The van der Waals surface area contributed by atoms with Crippen LogP contribution in [0.3, 0.4) is 0 Å². The second kappa shape index (κ2) is 4.33. The minimum Gasteiger partial charge on any atom is -0.366 e. The maximum Gasteiger partial charge on any atom is 0.114 e. The molecule has 0 fully saturated rings. The maximum atomic E-state index is 4.77. The van der Waals surface area contributed by atoms with Gasteiger partial charge in [-0.15, -0.1) is 0 Å². The van der Waals surface area contributed by atoms with Crippen molar-refractivity contribution >= 4 is 15.6 Å². The minimum atomic E-state index is 0.190. The van der Waals surface area contributed by atoms with Crippen LogP contribution in [0.1, 0.15) is 27.2 Å². The van der Waals surface area contributed by atoms with E-state index in [1.54, 1.807) is 0 Å². The molecule has 0 rings (SSSR count). The van der Waals surface area contributed by atoms with Crippen molar-refractivity contribution in [3.05, 3.63) is 12.8 Å². The van der Waals surface area contributed by atoms with Crippen LogP contribution in [-0.2, 0) is 4.84 Å². The molecule has 64 valence electrons. The summed E-state index contributed by atoms with van der Waals surface area (Å²) in [6.45, 7) is 9.92. The zero-order chi connectivity index (χ0) is 8.91. The van der Waals surface area contributed by atoms with E-state index in [2.05, 4.69) is 32.5 Å². The number of oxime groups is 1. The molecule has 0 unspecified atom stereocenters. The lowest BCUT2D eigenvalue weighted by molar-refractivity contribution is 0.264. The van der Waals surface area contributed by atoms with Crippen LogP contribution in [0.25, 0.3) is 0 Å². The van der Waals surface area contributed by atoms with E-state index in [0.717, 1.165) is 22.0 Å². The fourth-order valence-corrected chi connectivity index (χ4v) is 0.955. The molecule has 0 radical (unpaired) electrons. The summed E-state index contributed by atoms with van der Waals surface area (Å²) in [6.07, 6.45) is 2.44. The van der Waals surface area contributed by atoms with Gasteiger partial charge in [0.15, 0.2) is 0 Å². The van der Waals surface area contributed by atoms with E-state index in [9.17, 15) is 0 Å². The second-order valence-electron chi connectivity index (χ2n) is 3.19. The first-order valence-corrected chi connectivity index (χ1v) is 4.86. The van der Waals surface area contributed by atoms with E-state index in [1.165, 1.54) is 6.26 Å². The number of hydrogen-bond donors (Lipinski definition) is 0. The number of hydrogen-bond acceptors (Lipinski definition) is 2. The Labute approximate surface area is 71.7 Å². The Morgan fingerprint density at radius 2 is 2.27 bits per heavy atom. The van der Waals surface area contributed by atoms with Gasteiger partial charge in [-0.2, -0.15) is 0 Å². The SMILES string of the molecule is C=CON=C([SiH3])C(C)(C)CC. The smallest absolute Gasteiger partial charge is 0.114 e. The van der Waals surface area contributed by atoms with Crippen molar-refractivity contribution in [3.8, 4) is 0 Å². The van der Waals surface area contributed by atoms with Crippen LogP contribution in [-0.4, -0.2) is 15.6 Å². The predicted molar refractivity (Wildman–Crippen MR) is 52.7 cm³/mol. The average Bonchev–Trinajstić information content (AvgIpc) is 2.00. The Morgan fingerprint density at radius 3 is 2.64 bits per heavy atom. The lowest BCUT2D eigenvalue weighted by Crippen LogP contribution is -2.23. The number of rotatable bonds is 4. The molecular weight excluding hydrogens is 154 g/mol. The maximum absolute atomic E-state index is 4.77. The standard InChI is InChI=1S/C8H17NOSi/c1-5-8(3,4)7(11)9-10-6-2/h6H,2,5H2,1,3-4,11H3. The largest absolute Gasteiger partial charge is 0.366 e. The quantitative estimate of drug-likeness (QED) is 0.270. The summed E-state index contributed by atoms with van der Waals surface area (Å²) in [4.78, 5) is 4.77. The Hall–Kier alpha value is -0.573. The van der Waals surface area contributed by atoms with Gasteiger partial charge in [-0.3, -0.25) is 0 Å². The topological polar surface area (TPSA) is 21.6 Å². The van der Waals surface area contributed by atoms with Gasteiger partial charge in [0.05, 0.1) is 10.2 Å². The second-order valence-corrected chi connectivity index (χ2v) is 4.13. The average molecular weight is 171 g/mol. The van der Waals surface area contributed by atoms with Gasteiger partial charge in [-0.05, 0) is 6.42 Å². The first-order valence-electron chi connectivity index (χ1n) is 3.86. The van der Waals surface area contributed by atoms with Crippen molar-refractivity contribution in [2.75, 3.05) is 0 Å². The first kappa shape index (κ1) is 10.4. The van der Waals surface area contributed by atoms with Crippen molar-refractivity contribution in [2.24, 2.45) is 10.6 Å². The van der Waals surface area contributed by atoms with Crippen LogP contribution in [0.4, 0.5) is 0 Å². The van der Waals surface area contributed by atoms with Crippen LogP contribution in [0.5, 0.6) is 0 Å². The molecule has 0 spiro atoms. The third-order valence-corrected chi connectivity index (χ3v) is 3.66. The summed E-state index contributed by atoms with van der Waals surface area (Å²) in [5.74, 6) is 0. The lowest BCUT2D eigenvalue weighted by Gasteiger charge is -2.21. The zero-order valence-electron chi connectivity index (χ0n) is 7.85. The molecule has 2 nitrogen and oxygen atoms in total. The molecule has 0 amide bonds. The van der Waals surface area contributed by atoms with Crippen molar-refractivity contribution in [1.29, 1.82) is 0 Å². The van der Waals surface area contributed by atoms with Crippen LogP contribution >= 0.6 is 0 Å². The van der Waals surface area contributed by atoms with Gasteiger partial charge in [-0.25, -0.2) is 0 Å². The van der Waals surface area contributed by atoms with E-state index in [1.807, 2.05) is 0 Å². The zero-order valence-corrected chi connectivity index (χ0v) is 9.85. The molecule has 0 aliphatic heterocycles. The van der Waals surface area contributed by atoms with E-state index >= 15 is 0 Å². The molecule has 0 bridgehead atoms. The Morgan fingerprint density at radius 1 is 1.73 bits per heavy atom. The Kier molecular flexibility index (Phi) is 4.11.